The summed E-state index contributed by atoms with van der Waals surface area (Å²) in [4.78, 5) is 0. The maximum Gasteiger partial charge on any atom is 0.442 e. The Morgan fingerprint density at radius 2 is 2.00 bits per heavy atom. The first-order valence-corrected chi connectivity index (χ1v) is 4.79. The summed E-state index contributed by atoms with van der Waals surface area (Å²) in [5.41, 5.74) is -3.60. The molecule has 1 rings (SSSR count). The van der Waals surface area contributed by atoms with Gasteiger partial charge in [0.25, 0.3) is 0 Å². The predicted molar refractivity (Wildman–Crippen MR) is 48.8 cm³/mol. The lowest BCUT2D eigenvalue weighted by atomic mass is 10.2. The summed E-state index contributed by atoms with van der Waals surface area (Å²) in [6, 6.07) is 6.41. The van der Waals surface area contributed by atoms with Crippen LogP contribution in [-0.4, -0.2) is 5.51 Å². The topological polar surface area (TPSA) is 0 Å². The molecule has 0 aliphatic rings. The third-order valence-electron chi connectivity index (χ3n) is 1.29. The van der Waals surface area contributed by atoms with Gasteiger partial charge in [-0.3, -0.25) is 0 Å². The van der Waals surface area contributed by atoms with Gasteiger partial charge in [0.1, 0.15) is 0 Å². The van der Waals surface area contributed by atoms with Gasteiger partial charge in [-0.2, -0.15) is 13.2 Å². The highest BCUT2D eigenvalue weighted by Crippen LogP contribution is 2.33. The molecule has 1 aromatic rings. The summed E-state index contributed by atoms with van der Waals surface area (Å²) in [5, 5.41) is 0.459. The predicted octanol–water partition coefficient (Wildman–Crippen LogP) is 4.09. The van der Waals surface area contributed by atoms with Crippen LogP contribution in [0.3, 0.4) is 0 Å². The van der Waals surface area contributed by atoms with Crippen molar-refractivity contribution < 1.29 is 13.2 Å². The average Bonchev–Trinajstić information content (AvgIpc) is 2.00. The molecule has 1 aromatic carbocycles. The molecule has 0 bridgehead atoms. The summed E-state index contributed by atoms with van der Waals surface area (Å²) in [6.07, 6.45) is 0. The Kier molecular flexibility index (Phi) is 3.50. The van der Waals surface area contributed by atoms with Crippen LogP contribution in [0.5, 0.6) is 0 Å². The first kappa shape index (κ1) is 10.7. The Hall–Kier alpha value is -0.350. The molecule has 0 aliphatic carbocycles. The lowest BCUT2D eigenvalue weighted by molar-refractivity contribution is -0.0329. The van der Waals surface area contributed by atoms with Crippen molar-refractivity contribution in [1.29, 1.82) is 0 Å². The molecule has 0 amide bonds. The molecular weight excluding hydrogens is 221 g/mol. The van der Waals surface area contributed by atoms with Crippen molar-refractivity contribution in [2.24, 2.45) is 0 Å². The van der Waals surface area contributed by atoms with E-state index >= 15 is 0 Å². The molecule has 0 N–H and O–H groups in total. The molecule has 0 radical (unpaired) electrons. The molecular formula is C8H6ClF3S. The Morgan fingerprint density at radius 3 is 2.54 bits per heavy atom. The first-order valence-electron chi connectivity index (χ1n) is 3.42. The molecule has 72 valence electrons. The van der Waals surface area contributed by atoms with E-state index in [4.69, 9.17) is 11.6 Å². The number of hydrogen-bond acceptors (Lipinski definition) is 1. The molecule has 0 aliphatic heterocycles. The Labute approximate surface area is 83.1 Å². The van der Waals surface area contributed by atoms with Crippen molar-refractivity contribution in [3.8, 4) is 0 Å². The zero-order valence-corrected chi connectivity index (χ0v) is 8.01. The second-order valence-electron chi connectivity index (χ2n) is 2.36. The number of alkyl halides is 3. The van der Waals surface area contributed by atoms with E-state index in [0.717, 1.165) is 0 Å². The van der Waals surface area contributed by atoms with Crippen LogP contribution in [0.1, 0.15) is 5.56 Å². The molecule has 0 spiro atoms. The van der Waals surface area contributed by atoms with Gasteiger partial charge >= 0.3 is 5.51 Å². The zero-order valence-electron chi connectivity index (χ0n) is 6.44. The normalized spacial score (nSPS) is 11.7. The van der Waals surface area contributed by atoms with Crippen LogP contribution in [0.4, 0.5) is 13.2 Å². The highest BCUT2D eigenvalue weighted by atomic mass is 35.5. The van der Waals surface area contributed by atoms with Crippen molar-refractivity contribution >= 4 is 23.4 Å². The van der Waals surface area contributed by atoms with Crippen LogP contribution in [0, 0.1) is 0 Å². The maximum absolute atomic E-state index is 11.8. The summed E-state index contributed by atoms with van der Waals surface area (Å²) in [5.74, 6) is -0.0932. The molecule has 0 atom stereocenters. The van der Waals surface area contributed by atoms with Crippen LogP contribution < -0.4 is 0 Å². The fourth-order valence-electron chi connectivity index (χ4n) is 0.792. The van der Waals surface area contributed by atoms with Crippen molar-refractivity contribution in [2.75, 3.05) is 0 Å². The number of benzene rings is 1. The third-order valence-corrected chi connectivity index (χ3v) is 2.33. The van der Waals surface area contributed by atoms with Gasteiger partial charge in [-0.05, 0) is 29.5 Å². The smallest absolute Gasteiger partial charge is 0.160 e. The van der Waals surface area contributed by atoms with Gasteiger partial charge in [-0.1, -0.05) is 23.7 Å². The van der Waals surface area contributed by atoms with Gasteiger partial charge in [-0.25, -0.2) is 0 Å². The van der Waals surface area contributed by atoms with Crippen LogP contribution >= 0.6 is 23.4 Å². The van der Waals surface area contributed by atoms with Gasteiger partial charge in [0, 0.05) is 10.8 Å². The zero-order chi connectivity index (χ0) is 9.90. The summed E-state index contributed by atoms with van der Waals surface area (Å²) < 4.78 is 35.3. The number of thioether (sulfide) groups is 1. The molecule has 0 nitrogen and oxygen atoms in total. The molecule has 0 saturated carbocycles. The van der Waals surface area contributed by atoms with Crippen LogP contribution in [0.15, 0.2) is 24.3 Å². The van der Waals surface area contributed by atoms with Gasteiger partial charge < -0.3 is 0 Å². The van der Waals surface area contributed by atoms with E-state index in [-0.39, 0.29) is 17.5 Å². The summed E-state index contributed by atoms with van der Waals surface area (Å²) in [6.45, 7) is 0. The number of halogens is 4. The Morgan fingerprint density at radius 1 is 1.31 bits per heavy atom. The molecule has 5 heteroatoms. The van der Waals surface area contributed by atoms with E-state index in [1.165, 1.54) is 6.07 Å². The fourth-order valence-corrected chi connectivity index (χ4v) is 1.51. The standard InChI is InChI=1S/C8H6ClF3S/c9-7-3-1-2-6(4-7)5-13-8(10,11)12/h1-4H,5H2. The number of rotatable bonds is 2. The summed E-state index contributed by atoms with van der Waals surface area (Å²) >= 11 is 5.54. The number of hydrogen-bond donors (Lipinski definition) is 0. The van der Waals surface area contributed by atoms with E-state index in [9.17, 15) is 13.2 Å². The Bertz CT molecular complexity index is 285. The van der Waals surface area contributed by atoms with Crippen LogP contribution in [0.2, 0.25) is 5.02 Å². The second kappa shape index (κ2) is 4.24. The first-order chi connectivity index (χ1) is 5.97. The SMILES string of the molecule is FC(F)(F)SCc1cccc(Cl)c1. The minimum Gasteiger partial charge on any atom is -0.160 e. The molecule has 0 aromatic heterocycles. The minimum atomic E-state index is -4.18. The molecule has 0 fully saturated rings. The lowest BCUT2D eigenvalue weighted by Crippen LogP contribution is -2.00. The van der Waals surface area contributed by atoms with Gasteiger partial charge in [0.2, 0.25) is 0 Å². The Balaban J connectivity index is 2.55. The van der Waals surface area contributed by atoms with E-state index in [2.05, 4.69) is 0 Å². The van der Waals surface area contributed by atoms with Crippen molar-refractivity contribution in [2.45, 2.75) is 11.3 Å². The monoisotopic (exact) mass is 226 g/mol. The molecule has 13 heavy (non-hydrogen) atoms. The fraction of sp³-hybridized carbons (Fsp3) is 0.250. The van der Waals surface area contributed by atoms with Crippen molar-refractivity contribution in [3.05, 3.63) is 34.9 Å². The van der Waals surface area contributed by atoms with Crippen molar-refractivity contribution in [1.82, 2.24) is 0 Å². The third kappa shape index (κ3) is 4.43. The molecule has 0 heterocycles. The minimum absolute atomic E-state index is 0.0633. The molecule has 0 unspecified atom stereocenters. The van der Waals surface area contributed by atoms with E-state index in [1.807, 2.05) is 0 Å². The highest BCUT2D eigenvalue weighted by Gasteiger charge is 2.27. The van der Waals surface area contributed by atoms with E-state index in [1.54, 1.807) is 18.2 Å². The van der Waals surface area contributed by atoms with E-state index < -0.39 is 5.51 Å². The van der Waals surface area contributed by atoms with Gasteiger partial charge in [0.05, 0.1) is 0 Å². The maximum atomic E-state index is 11.8. The highest BCUT2D eigenvalue weighted by molar-refractivity contribution is 7.99. The summed E-state index contributed by atoms with van der Waals surface area (Å²) in [7, 11) is 0. The van der Waals surface area contributed by atoms with Crippen molar-refractivity contribution in [3.63, 3.8) is 0 Å². The largest absolute Gasteiger partial charge is 0.442 e. The quantitative estimate of drug-likeness (QED) is 0.732. The van der Waals surface area contributed by atoms with Crippen LogP contribution in [0.25, 0.3) is 0 Å². The second-order valence-corrected chi connectivity index (χ2v) is 3.84. The van der Waals surface area contributed by atoms with Gasteiger partial charge in [-0.15, -0.1) is 0 Å². The lowest BCUT2D eigenvalue weighted by Gasteiger charge is -2.05. The van der Waals surface area contributed by atoms with E-state index in [0.29, 0.717) is 10.6 Å². The van der Waals surface area contributed by atoms with Crippen LogP contribution in [-0.2, 0) is 5.75 Å². The molecule has 0 saturated heterocycles. The van der Waals surface area contributed by atoms with Gasteiger partial charge in [0.15, 0.2) is 0 Å². The average molecular weight is 227 g/mol.